The highest BCUT2D eigenvalue weighted by Crippen LogP contribution is 2.20. The van der Waals surface area contributed by atoms with Gasteiger partial charge < -0.3 is 4.90 Å². The monoisotopic (exact) mass is 316 g/mol. The SMILES string of the molecule is CC1CN(Cc2ccccc2)CCCN1c1ccnc(Cl)n1. The first-order chi connectivity index (χ1) is 10.7. The van der Waals surface area contributed by atoms with Crippen LogP contribution in [0.4, 0.5) is 5.82 Å². The smallest absolute Gasteiger partial charge is 0.224 e. The summed E-state index contributed by atoms with van der Waals surface area (Å²) in [6, 6.07) is 13.0. The number of nitrogens with zero attached hydrogens (tertiary/aromatic N) is 4. The van der Waals surface area contributed by atoms with Crippen LogP contribution in [0.2, 0.25) is 5.28 Å². The molecule has 1 unspecified atom stereocenters. The Morgan fingerprint density at radius 2 is 2.00 bits per heavy atom. The highest BCUT2D eigenvalue weighted by Gasteiger charge is 2.22. The van der Waals surface area contributed by atoms with Crippen LogP contribution >= 0.6 is 11.6 Å². The lowest BCUT2D eigenvalue weighted by Gasteiger charge is -2.30. The van der Waals surface area contributed by atoms with E-state index in [9.17, 15) is 0 Å². The molecule has 1 saturated heterocycles. The Morgan fingerprint density at radius 3 is 2.77 bits per heavy atom. The molecular weight excluding hydrogens is 296 g/mol. The number of hydrogen-bond donors (Lipinski definition) is 0. The summed E-state index contributed by atoms with van der Waals surface area (Å²) >= 11 is 5.93. The Labute approximate surface area is 136 Å². The van der Waals surface area contributed by atoms with Crippen LogP contribution in [0.15, 0.2) is 42.6 Å². The fraction of sp³-hybridized carbons (Fsp3) is 0.412. The van der Waals surface area contributed by atoms with E-state index in [1.807, 2.05) is 6.07 Å². The van der Waals surface area contributed by atoms with Gasteiger partial charge in [0.05, 0.1) is 0 Å². The van der Waals surface area contributed by atoms with E-state index in [-0.39, 0.29) is 0 Å². The Balaban J connectivity index is 1.69. The average molecular weight is 317 g/mol. The van der Waals surface area contributed by atoms with Gasteiger partial charge in [0.15, 0.2) is 0 Å². The average Bonchev–Trinajstić information content (AvgIpc) is 2.69. The molecule has 0 spiro atoms. The minimum atomic E-state index is 0.315. The molecule has 22 heavy (non-hydrogen) atoms. The standard InChI is InChI=1S/C17H21ClN4/c1-14-12-21(13-15-6-3-2-4-7-15)10-5-11-22(14)16-8-9-19-17(18)20-16/h2-4,6-9,14H,5,10-13H2,1H3. The molecule has 0 radical (unpaired) electrons. The molecule has 5 heteroatoms. The van der Waals surface area contributed by atoms with Crippen LogP contribution < -0.4 is 4.90 Å². The lowest BCUT2D eigenvalue weighted by atomic mass is 10.2. The Bertz CT molecular complexity index is 605. The van der Waals surface area contributed by atoms with Gasteiger partial charge in [-0.05, 0) is 36.6 Å². The van der Waals surface area contributed by atoms with Crippen LogP contribution in [0.25, 0.3) is 0 Å². The van der Waals surface area contributed by atoms with Crippen molar-refractivity contribution in [2.75, 3.05) is 24.5 Å². The number of rotatable bonds is 3. The molecule has 0 saturated carbocycles. The number of aromatic nitrogens is 2. The molecule has 116 valence electrons. The van der Waals surface area contributed by atoms with Gasteiger partial charge in [-0.3, -0.25) is 4.90 Å². The number of halogens is 1. The molecule has 3 rings (SSSR count). The highest BCUT2D eigenvalue weighted by molar-refractivity contribution is 6.28. The van der Waals surface area contributed by atoms with Crippen LogP contribution in [0.1, 0.15) is 18.9 Å². The highest BCUT2D eigenvalue weighted by atomic mass is 35.5. The normalized spacial score (nSPS) is 19.9. The van der Waals surface area contributed by atoms with Gasteiger partial charge in [0, 0.05) is 38.4 Å². The predicted octanol–water partition coefficient (Wildman–Crippen LogP) is 3.23. The van der Waals surface area contributed by atoms with Crippen molar-refractivity contribution < 1.29 is 0 Å². The fourth-order valence-corrected chi connectivity index (χ4v) is 3.20. The van der Waals surface area contributed by atoms with Gasteiger partial charge in [-0.25, -0.2) is 9.97 Å². The van der Waals surface area contributed by atoms with Gasteiger partial charge in [0.2, 0.25) is 5.28 Å². The first-order valence-electron chi connectivity index (χ1n) is 7.74. The minimum absolute atomic E-state index is 0.315. The third kappa shape index (κ3) is 3.76. The summed E-state index contributed by atoms with van der Waals surface area (Å²) in [7, 11) is 0. The zero-order valence-electron chi connectivity index (χ0n) is 12.8. The van der Waals surface area contributed by atoms with Gasteiger partial charge in [-0.15, -0.1) is 0 Å². The zero-order chi connectivity index (χ0) is 15.4. The van der Waals surface area contributed by atoms with E-state index in [1.165, 1.54) is 5.56 Å². The summed E-state index contributed by atoms with van der Waals surface area (Å²) in [5.74, 6) is 0.925. The molecule has 1 fully saturated rings. The molecule has 4 nitrogen and oxygen atoms in total. The number of anilines is 1. The summed E-state index contributed by atoms with van der Waals surface area (Å²) in [6.45, 7) is 6.38. The third-order valence-corrected chi connectivity index (χ3v) is 4.26. The molecule has 2 aromatic rings. The zero-order valence-corrected chi connectivity index (χ0v) is 13.6. The van der Waals surface area contributed by atoms with Gasteiger partial charge in [-0.1, -0.05) is 30.3 Å². The molecule has 2 heterocycles. The van der Waals surface area contributed by atoms with Crippen molar-refractivity contribution in [1.82, 2.24) is 14.9 Å². The van der Waals surface area contributed by atoms with Crippen LogP contribution in [-0.2, 0) is 6.54 Å². The van der Waals surface area contributed by atoms with E-state index in [4.69, 9.17) is 11.6 Å². The topological polar surface area (TPSA) is 32.3 Å². The number of benzene rings is 1. The van der Waals surface area contributed by atoms with Crippen LogP contribution in [0, 0.1) is 0 Å². The maximum atomic E-state index is 5.93. The molecule has 1 atom stereocenters. The Hall–Kier alpha value is -1.65. The summed E-state index contributed by atoms with van der Waals surface area (Å²) in [4.78, 5) is 13.2. The second-order valence-electron chi connectivity index (χ2n) is 5.80. The van der Waals surface area contributed by atoms with Crippen molar-refractivity contribution in [2.24, 2.45) is 0 Å². The predicted molar refractivity (Wildman–Crippen MR) is 90.2 cm³/mol. The van der Waals surface area contributed by atoms with E-state index in [0.29, 0.717) is 11.3 Å². The van der Waals surface area contributed by atoms with E-state index >= 15 is 0 Å². The van der Waals surface area contributed by atoms with Crippen molar-refractivity contribution in [3.8, 4) is 0 Å². The first kappa shape index (κ1) is 15.3. The van der Waals surface area contributed by atoms with Crippen molar-refractivity contribution in [2.45, 2.75) is 25.9 Å². The van der Waals surface area contributed by atoms with Gasteiger partial charge in [0.25, 0.3) is 0 Å². The summed E-state index contributed by atoms with van der Waals surface area (Å²) in [6.07, 6.45) is 2.85. The van der Waals surface area contributed by atoms with Crippen LogP contribution in [0.3, 0.4) is 0 Å². The lowest BCUT2D eigenvalue weighted by molar-refractivity contribution is 0.268. The maximum Gasteiger partial charge on any atom is 0.224 e. The van der Waals surface area contributed by atoms with Crippen molar-refractivity contribution in [1.29, 1.82) is 0 Å². The third-order valence-electron chi connectivity index (χ3n) is 4.08. The van der Waals surface area contributed by atoms with E-state index in [1.54, 1.807) is 6.20 Å². The van der Waals surface area contributed by atoms with E-state index < -0.39 is 0 Å². The van der Waals surface area contributed by atoms with Crippen molar-refractivity contribution in [3.63, 3.8) is 0 Å². The maximum absolute atomic E-state index is 5.93. The molecule has 0 amide bonds. The molecule has 0 N–H and O–H groups in total. The van der Waals surface area contributed by atoms with Gasteiger partial charge >= 0.3 is 0 Å². The Morgan fingerprint density at radius 1 is 1.18 bits per heavy atom. The summed E-state index contributed by atoms with van der Waals surface area (Å²) in [5, 5.41) is 0.315. The van der Waals surface area contributed by atoms with Crippen LogP contribution in [0.5, 0.6) is 0 Å². The number of hydrogen-bond acceptors (Lipinski definition) is 4. The van der Waals surface area contributed by atoms with Crippen molar-refractivity contribution in [3.05, 3.63) is 53.4 Å². The second-order valence-corrected chi connectivity index (χ2v) is 6.14. The Kier molecular flexibility index (Phi) is 4.90. The lowest BCUT2D eigenvalue weighted by Crippen LogP contribution is -2.39. The second kappa shape index (κ2) is 7.07. The summed E-state index contributed by atoms with van der Waals surface area (Å²) < 4.78 is 0. The molecule has 1 aliphatic heterocycles. The molecule has 0 aliphatic carbocycles. The van der Waals surface area contributed by atoms with E-state index in [2.05, 4.69) is 57.0 Å². The largest absolute Gasteiger partial charge is 0.352 e. The van der Waals surface area contributed by atoms with E-state index in [0.717, 1.165) is 38.4 Å². The summed E-state index contributed by atoms with van der Waals surface area (Å²) in [5.41, 5.74) is 1.37. The molecule has 0 bridgehead atoms. The van der Waals surface area contributed by atoms with Gasteiger partial charge in [-0.2, -0.15) is 0 Å². The molecular formula is C17H21ClN4. The van der Waals surface area contributed by atoms with Crippen LogP contribution in [-0.4, -0.2) is 40.5 Å². The molecule has 1 aromatic carbocycles. The van der Waals surface area contributed by atoms with Crippen molar-refractivity contribution >= 4 is 17.4 Å². The molecule has 1 aromatic heterocycles. The quantitative estimate of drug-likeness (QED) is 0.814. The minimum Gasteiger partial charge on any atom is -0.352 e. The van der Waals surface area contributed by atoms with Gasteiger partial charge in [0.1, 0.15) is 5.82 Å². The fourth-order valence-electron chi connectivity index (χ4n) is 3.06. The first-order valence-corrected chi connectivity index (χ1v) is 8.11. The molecule has 1 aliphatic rings.